The zero-order valence-corrected chi connectivity index (χ0v) is 11.3. The van der Waals surface area contributed by atoms with Crippen LogP contribution in [-0.2, 0) is 13.1 Å². The third-order valence-electron chi connectivity index (χ3n) is 3.33. The van der Waals surface area contributed by atoms with Gasteiger partial charge in [0.15, 0.2) is 0 Å². The van der Waals surface area contributed by atoms with Gasteiger partial charge in [0.1, 0.15) is 5.82 Å². The molecule has 0 atom stereocenters. The molecule has 1 heterocycles. The molecule has 2 nitrogen and oxygen atoms in total. The smallest absolute Gasteiger partial charge is 0.142 e. The van der Waals surface area contributed by atoms with Gasteiger partial charge in [-0.05, 0) is 42.2 Å². The molecular formula is C15H16ClFN2. The van der Waals surface area contributed by atoms with Gasteiger partial charge in [-0.15, -0.1) is 0 Å². The van der Waals surface area contributed by atoms with Crippen LogP contribution < -0.4 is 5.32 Å². The molecule has 0 aliphatic heterocycles. The number of halogens is 2. The molecule has 0 radical (unpaired) electrons. The Kier molecular flexibility index (Phi) is 3.58. The maximum atomic E-state index is 13.4. The predicted molar refractivity (Wildman–Crippen MR) is 74.8 cm³/mol. The fourth-order valence-electron chi connectivity index (χ4n) is 2.09. The van der Waals surface area contributed by atoms with Crippen LogP contribution in [0.2, 0.25) is 5.02 Å². The Morgan fingerprint density at radius 1 is 1.26 bits per heavy atom. The van der Waals surface area contributed by atoms with E-state index in [1.54, 1.807) is 6.07 Å². The van der Waals surface area contributed by atoms with Gasteiger partial charge >= 0.3 is 0 Å². The molecule has 2 aromatic rings. The largest absolute Gasteiger partial charge is 0.350 e. The first-order valence-electron chi connectivity index (χ1n) is 6.53. The second-order valence-corrected chi connectivity index (χ2v) is 5.50. The molecule has 1 aliphatic carbocycles. The Bertz CT molecular complexity index is 575. The van der Waals surface area contributed by atoms with Crippen LogP contribution in [0.15, 0.2) is 36.7 Å². The highest BCUT2D eigenvalue weighted by Gasteiger charge is 2.19. The van der Waals surface area contributed by atoms with E-state index in [0.717, 1.165) is 12.1 Å². The third kappa shape index (κ3) is 3.37. The van der Waals surface area contributed by atoms with Crippen molar-refractivity contribution in [2.45, 2.75) is 32.0 Å². The molecule has 1 aliphatic rings. The molecule has 1 aromatic carbocycles. The zero-order chi connectivity index (χ0) is 13.2. The topological polar surface area (TPSA) is 17.0 Å². The van der Waals surface area contributed by atoms with Gasteiger partial charge in [0.25, 0.3) is 0 Å². The van der Waals surface area contributed by atoms with Crippen molar-refractivity contribution in [3.8, 4) is 0 Å². The lowest BCUT2D eigenvalue weighted by molar-refractivity contribution is 0.624. The lowest BCUT2D eigenvalue weighted by atomic mass is 10.2. The highest BCUT2D eigenvalue weighted by Crippen LogP contribution is 2.19. The van der Waals surface area contributed by atoms with Crippen LogP contribution in [0.4, 0.5) is 4.39 Å². The number of rotatable bonds is 5. The van der Waals surface area contributed by atoms with Gasteiger partial charge in [-0.3, -0.25) is 0 Å². The van der Waals surface area contributed by atoms with E-state index < -0.39 is 0 Å². The number of aromatic nitrogens is 1. The van der Waals surface area contributed by atoms with Crippen molar-refractivity contribution >= 4 is 11.6 Å². The standard InChI is InChI=1S/C15H16ClFN2/c16-14-4-1-11(7-15(14)17)9-19-6-5-12(10-19)8-18-13-2-3-13/h1,4-7,10,13,18H,2-3,8-9H2. The average molecular weight is 279 g/mol. The van der Waals surface area contributed by atoms with E-state index >= 15 is 0 Å². The molecule has 0 amide bonds. The summed E-state index contributed by atoms with van der Waals surface area (Å²) in [5.41, 5.74) is 2.18. The first-order chi connectivity index (χ1) is 9.20. The summed E-state index contributed by atoms with van der Waals surface area (Å²) in [6.45, 7) is 1.57. The number of hydrogen-bond acceptors (Lipinski definition) is 1. The summed E-state index contributed by atoms with van der Waals surface area (Å²) < 4.78 is 15.4. The first-order valence-corrected chi connectivity index (χ1v) is 6.90. The number of benzene rings is 1. The molecule has 0 saturated heterocycles. The highest BCUT2D eigenvalue weighted by atomic mass is 35.5. The van der Waals surface area contributed by atoms with Crippen LogP contribution >= 0.6 is 11.6 Å². The molecule has 4 heteroatoms. The van der Waals surface area contributed by atoms with E-state index in [4.69, 9.17) is 11.6 Å². The monoisotopic (exact) mass is 278 g/mol. The van der Waals surface area contributed by atoms with Crippen molar-refractivity contribution in [2.24, 2.45) is 0 Å². The van der Waals surface area contributed by atoms with Gasteiger partial charge in [-0.25, -0.2) is 4.39 Å². The van der Waals surface area contributed by atoms with Crippen molar-refractivity contribution in [1.82, 2.24) is 9.88 Å². The van der Waals surface area contributed by atoms with Crippen LogP contribution in [0.5, 0.6) is 0 Å². The summed E-state index contributed by atoms with van der Waals surface area (Å²) in [6, 6.07) is 7.76. The van der Waals surface area contributed by atoms with Crippen LogP contribution in [0.3, 0.4) is 0 Å². The van der Waals surface area contributed by atoms with Gasteiger partial charge in [-0.1, -0.05) is 17.7 Å². The molecule has 19 heavy (non-hydrogen) atoms. The summed E-state index contributed by atoms with van der Waals surface area (Å²) >= 11 is 5.67. The predicted octanol–water partition coefficient (Wildman–Crippen LogP) is 3.58. The number of hydrogen-bond donors (Lipinski definition) is 1. The molecule has 100 valence electrons. The summed E-state index contributed by atoms with van der Waals surface area (Å²) in [7, 11) is 0. The van der Waals surface area contributed by atoms with Crippen molar-refractivity contribution in [2.75, 3.05) is 0 Å². The molecule has 1 N–H and O–H groups in total. The second-order valence-electron chi connectivity index (χ2n) is 5.10. The maximum Gasteiger partial charge on any atom is 0.142 e. The quantitative estimate of drug-likeness (QED) is 0.885. The van der Waals surface area contributed by atoms with E-state index in [1.165, 1.54) is 24.5 Å². The fourth-order valence-corrected chi connectivity index (χ4v) is 2.21. The minimum Gasteiger partial charge on any atom is -0.350 e. The van der Waals surface area contributed by atoms with E-state index in [1.807, 2.05) is 12.3 Å². The van der Waals surface area contributed by atoms with Crippen LogP contribution in [0.1, 0.15) is 24.0 Å². The van der Waals surface area contributed by atoms with Crippen molar-refractivity contribution in [3.05, 3.63) is 58.6 Å². The Labute approximate surface area is 117 Å². The molecule has 0 unspecified atom stereocenters. The molecule has 1 aromatic heterocycles. The van der Waals surface area contributed by atoms with Crippen LogP contribution in [0, 0.1) is 5.82 Å². The lowest BCUT2D eigenvalue weighted by Gasteiger charge is -2.04. The fraction of sp³-hybridized carbons (Fsp3) is 0.333. The molecule has 1 fully saturated rings. The number of nitrogens with one attached hydrogen (secondary N) is 1. The van der Waals surface area contributed by atoms with Gasteiger partial charge in [0.2, 0.25) is 0 Å². The van der Waals surface area contributed by atoms with Gasteiger partial charge in [-0.2, -0.15) is 0 Å². The molecule has 1 saturated carbocycles. The highest BCUT2D eigenvalue weighted by molar-refractivity contribution is 6.30. The maximum absolute atomic E-state index is 13.4. The minimum atomic E-state index is -0.359. The van der Waals surface area contributed by atoms with E-state index in [-0.39, 0.29) is 10.8 Å². The zero-order valence-electron chi connectivity index (χ0n) is 10.6. The number of nitrogens with zero attached hydrogens (tertiary/aromatic N) is 1. The molecular weight excluding hydrogens is 263 g/mol. The molecule has 0 bridgehead atoms. The van der Waals surface area contributed by atoms with Gasteiger partial charge < -0.3 is 9.88 Å². The second kappa shape index (κ2) is 5.35. The Balaban J connectivity index is 1.63. The van der Waals surface area contributed by atoms with Gasteiger partial charge in [0, 0.05) is 31.5 Å². The summed E-state index contributed by atoms with van der Waals surface area (Å²) in [5, 5.41) is 3.65. The summed E-state index contributed by atoms with van der Waals surface area (Å²) in [5.74, 6) is -0.359. The van der Waals surface area contributed by atoms with Crippen LogP contribution in [-0.4, -0.2) is 10.6 Å². The van der Waals surface area contributed by atoms with E-state index in [2.05, 4.69) is 22.1 Å². The third-order valence-corrected chi connectivity index (χ3v) is 3.64. The minimum absolute atomic E-state index is 0.172. The van der Waals surface area contributed by atoms with E-state index in [9.17, 15) is 4.39 Å². The molecule has 0 spiro atoms. The molecule has 3 rings (SSSR count). The lowest BCUT2D eigenvalue weighted by Crippen LogP contribution is -2.14. The Morgan fingerprint density at radius 2 is 2.11 bits per heavy atom. The van der Waals surface area contributed by atoms with Crippen molar-refractivity contribution < 1.29 is 4.39 Å². The average Bonchev–Trinajstić information content (AvgIpc) is 3.12. The van der Waals surface area contributed by atoms with Gasteiger partial charge in [0.05, 0.1) is 5.02 Å². The summed E-state index contributed by atoms with van der Waals surface area (Å²) in [4.78, 5) is 0. The van der Waals surface area contributed by atoms with Crippen molar-refractivity contribution in [1.29, 1.82) is 0 Å². The Morgan fingerprint density at radius 3 is 2.84 bits per heavy atom. The Hall–Kier alpha value is -1.32. The SMILES string of the molecule is Fc1cc(Cn2ccc(CNC3CC3)c2)ccc1Cl. The van der Waals surface area contributed by atoms with Crippen LogP contribution in [0.25, 0.3) is 0 Å². The normalized spacial score (nSPS) is 14.8. The summed E-state index contributed by atoms with van der Waals surface area (Å²) in [6.07, 6.45) is 6.72. The van der Waals surface area contributed by atoms with E-state index in [0.29, 0.717) is 12.6 Å². The van der Waals surface area contributed by atoms with Crippen molar-refractivity contribution in [3.63, 3.8) is 0 Å². The first kappa shape index (κ1) is 12.7.